The maximum Gasteiger partial charge on any atom is 0.306 e. The number of esters is 1. The van der Waals surface area contributed by atoms with Crippen molar-refractivity contribution in [3.63, 3.8) is 0 Å². The van der Waals surface area contributed by atoms with Gasteiger partial charge in [0.25, 0.3) is 0 Å². The molecule has 17 heavy (non-hydrogen) atoms. The standard InChI is InChI=1S/C12H16O4S/c1-3-16-12(13)7-8-17(14,15)11-6-4-5-10(2)9-11/h4-6,9H,3,7-8H2,1-2H3. The molecule has 0 atom stereocenters. The van der Waals surface area contributed by atoms with Crippen LogP contribution >= 0.6 is 0 Å². The molecular formula is C12H16O4S. The summed E-state index contributed by atoms with van der Waals surface area (Å²) in [6.07, 6.45) is -0.107. The molecule has 0 spiro atoms. The van der Waals surface area contributed by atoms with Gasteiger partial charge in [0.1, 0.15) is 0 Å². The fourth-order valence-electron chi connectivity index (χ4n) is 1.38. The lowest BCUT2D eigenvalue weighted by Crippen LogP contribution is -2.13. The Morgan fingerprint density at radius 1 is 1.35 bits per heavy atom. The second-order valence-corrected chi connectivity index (χ2v) is 5.80. The zero-order chi connectivity index (χ0) is 12.9. The van der Waals surface area contributed by atoms with Gasteiger partial charge in [0, 0.05) is 0 Å². The summed E-state index contributed by atoms with van der Waals surface area (Å²) in [7, 11) is -3.40. The summed E-state index contributed by atoms with van der Waals surface area (Å²) in [5.74, 6) is -0.696. The van der Waals surface area contributed by atoms with E-state index in [2.05, 4.69) is 0 Å². The molecule has 94 valence electrons. The monoisotopic (exact) mass is 256 g/mol. The van der Waals surface area contributed by atoms with Gasteiger partial charge in [-0.05, 0) is 31.5 Å². The van der Waals surface area contributed by atoms with Crippen molar-refractivity contribution in [2.75, 3.05) is 12.4 Å². The Morgan fingerprint density at radius 2 is 2.06 bits per heavy atom. The molecule has 0 saturated heterocycles. The van der Waals surface area contributed by atoms with E-state index in [0.29, 0.717) is 0 Å². The Balaban J connectivity index is 2.73. The number of hydrogen-bond donors (Lipinski definition) is 0. The van der Waals surface area contributed by atoms with Gasteiger partial charge in [0.05, 0.1) is 23.7 Å². The predicted octanol–water partition coefficient (Wildman–Crippen LogP) is 1.72. The van der Waals surface area contributed by atoms with E-state index in [1.165, 1.54) is 6.07 Å². The number of sulfone groups is 1. The molecule has 0 aliphatic heterocycles. The van der Waals surface area contributed by atoms with E-state index in [4.69, 9.17) is 4.74 Å². The zero-order valence-corrected chi connectivity index (χ0v) is 10.8. The molecule has 0 aromatic heterocycles. The Kier molecular flexibility index (Phi) is 4.69. The SMILES string of the molecule is CCOC(=O)CCS(=O)(=O)c1cccc(C)c1. The Labute approximate surface area is 102 Å². The van der Waals surface area contributed by atoms with Gasteiger partial charge in [-0.15, -0.1) is 0 Å². The lowest BCUT2D eigenvalue weighted by Gasteiger charge is -2.05. The van der Waals surface area contributed by atoms with E-state index in [-0.39, 0.29) is 23.7 Å². The fourth-order valence-corrected chi connectivity index (χ4v) is 2.70. The van der Waals surface area contributed by atoms with Gasteiger partial charge in [-0.25, -0.2) is 8.42 Å². The molecule has 0 aliphatic carbocycles. The van der Waals surface area contributed by atoms with E-state index in [1.807, 2.05) is 13.0 Å². The van der Waals surface area contributed by atoms with Crippen LogP contribution in [0, 0.1) is 6.92 Å². The summed E-state index contributed by atoms with van der Waals surface area (Å²) in [5.41, 5.74) is 0.877. The third-order valence-corrected chi connectivity index (χ3v) is 3.94. The van der Waals surface area contributed by atoms with Crippen LogP contribution in [0.3, 0.4) is 0 Å². The molecule has 0 heterocycles. The number of aryl methyl sites for hydroxylation is 1. The minimum atomic E-state index is -3.40. The molecular weight excluding hydrogens is 240 g/mol. The molecule has 0 bridgehead atoms. The number of hydrogen-bond acceptors (Lipinski definition) is 4. The summed E-state index contributed by atoms with van der Waals surface area (Å²) in [6.45, 7) is 3.78. The van der Waals surface area contributed by atoms with Gasteiger partial charge >= 0.3 is 5.97 Å². The number of ether oxygens (including phenoxy) is 1. The molecule has 4 nitrogen and oxygen atoms in total. The summed E-state index contributed by atoms with van der Waals surface area (Å²) in [4.78, 5) is 11.4. The summed E-state index contributed by atoms with van der Waals surface area (Å²) < 4.78 is 28.5. The van der Waals surface area contributed by atoms with Crippen LogP contribution in [0.5, 0.6) is 0 Å². The molecule has 0 saturated carbocycles. The van der Waals surface area contributed by atoms with E-state index in [9.17, 15) is 13.2 Å². The quantitative estimate of drug-likeness (QED) is 0.753. The highest BCUT2D eigenvalue weighted by Crippen LogP contribution is 2.13. The molecule has 5 heteroatoms. The normalized spacial score (nSPS) is 11.2. The molecule has 0 fully saturated rings. The molecule has 0 unspecified atom stereocenters. The highest BCUT2D eigenvalue weighted by Gasteiger charge is 2.16. The highest BCUT2D eigenvalue weighted by atomic mass is 32.2. The average Bonchev–Trinajstić information content (AvgIpc) is 2.27. The van der Waals surface area contributed by atoms with Crippen molar-refractivity contribution in [3.8, 4) is 0 Å². The van der Waals surface area contributed by atoms with Crippen LogP contribution in [0.15, 0.2) is 29.2 Å². The van der Waals surface area contributed by atoms with Gasteiger partial charge in [-0.1, -0.05) is 12.1 Å². The minimum absolute atomic E-state index is 0.107. The predicted molar refractivity (Wildman–Crippen MR) is 64.5 cm³/mol. The summed E-state index contributed by atoms with van der Waals surface area (Å²) in [6, 6.07) is 6.64. The van der Waals surface area contributed by atoms with Crippen LogP contribution in [0.1, 0.15) is 18.9 Å². The van der Waals surface area contributed by atoms with Gasteiger partial charge < -0.3 is 4.74 Å². The lowest BCUT2D eigenvalue weighted by atomic mass is 10.2. The topological polar surface area (TPSA) is 60.4 Å². The third-order valence-electron chi connectivity index (χ3n) is 2.23. The largest absolute Gasteiger partial charge is 0.466 e. The van der Waals surface area contributed by atoms with Crippen molar-refractivity contribution < 1.29 is 17.9 Å². The van der Waals surface area contributed by atoms with Crippen molar-refractivity contribution in [3.05, 3.63) is 29.8 Å². The summed E-state index contributed by atoms with van der Waals surface area (Å²) in [5, 5.41) is 0. The average molecular weight is 256 g/mol. The summed E-state index contributed by atoms with van der Waals surface area (Å²) >= 11 is 0. The van der Waals surface area contributed by atoms with Gasteiger partial charge in [0.2, 0.25) is 0 Å². The first-order valence-corrected chi connectivity index (χ1v) is 7.06. The highest BCUT2D eigenvalue weighted by molar-refractivity contribution is 7.91. The van der Waals surface area contributed by atoms with E-state index in [0.717, 1.165) is 5.56 Å². The number of benzene rings is 1. The van der Waals surface area contributed by atoms with Crippen LogP contribution in [-0.4, -0.2) is 26.7 Å². The zero-order valence-electron chi connectivity index (χ0n) is 9.97. The lowest BCUT2D eigenvalue weighted by molar-refractivity contribution is -0.142. The number of carbonyl (C=O) groups is 1. The van der Waals surface area contributed by atoms with Crippen molar-refractivity contribution in [2.45, 2.75) is 25.2 Å². The fraction of sp³-hybridized carbons (Fsp3) is 0.417. The molecule has 0 aliphatic rings. The first-order chi connectivity index (χ1) is 7.95. The van der Waals surface area contributed by atoms with Gasteiger partial charge in [0.15, 0.2) is 9.84 Å². The van der Waals surface area contributed by atoms with Crippen LogP contribution < -0.4 is 0 Å². The van der Waals surface area contributed by atoms with Crippen molar-refractivity contribution >= 4 is 15.8 Å². The molecule has 0 radical (unpaired) electrons. The second kappa shape index (κ2) is 5.82. The Hall–Kier alpha value is -1.36. The van der Waals surface area contributed by atoms with E-state index in [1.54, 1.807) is 19.1 Å². The number of carbonyl (C=O) groups excluding carboxylic acids is 1. The molecule has 1 aromatic carbocycles. The van der Waals surface area contributed by atoms with Crippen molar-refractivity contribution in [1.82, 2.24) is 0 Å². The van der Waals surface area contributed by atoms with Gasteiger partial charge in [-0.2, -0.15) is 0 Å². The number of rotatable bonds is 5. The van der Waals surface area contributed by atoms with E-state index >= 15 is 0 Å². The smallest absolute Gasteiger partial charge is 0.306 e. The Bertz CT molecular complexity index is 491. The van der Waals surface area contributed by atoms with Crippen molar-refractivity contribution in [1.29, 1.82) is 0 Å². The molecule has 1 rings (SSSR count). The Morgan fingerprint density at radius 3 is 2.65 bits per heavy atom. The first-order valence-electron chi connectivity index (χ1n) is 5.41. The van der Waals surface area contributed by atoms with Crippen LogP contribution in [0.2, 0.25) is 0 Å². The molecule has 0 N–H and O–H groups in total. The van der Waals surface area contributed by atoms with Crippen LogP contribution in [-0.2, 0) is 19.4 Å². The molecule has 1 aromatic rings. The first kappa shape index (κ1) is 13.7. The molecule has 0 amide bonds. The van der Waals surface area contributed by atoms with Crippen molar-refractivity contribution in [2.24, 2.45) is 0 Å². The second-order valence-electron chi connectivity index (χ2n) is 3.69. The van der Waals surface area contributed by atoms with Crippen LogP contribution in [0.4, 0.5) is 0 Å². The van der Waals surface area contributed by atoms with Crippen LogP contribution in [0.25, 0.3) is 0 Å². The third kappa shape index (κ3) is 4.19. The minimum Gasteiger partial charge on any atom is -0.466 e. The maximum atomic E-state index is 11.9. The van der Waals surface area contributed by atoms with E-state index < -0.39 is 15.8 Å². The van der Waals surface area contributed by atoms with Gasteiger partial charge in [-0.3, -0.25) is 4.79 Å². The maximum absolute atomic E-state index is 11.9.